The van der Waals surface area contributed by atoms with Gasteiger partial charge in [-0.25, -0.2) is 4.98 Å². The van der Waals surface area contributed by atoms with Crippen LogP contribution in [-0.2, 0) is 18.3 Å². The quantitative estimate of drug-likeness (QED) is 0.878. The largest absolute Gasteiger partial charge is 0.383 e. The number of imidazole rings is 1. The van der Waals surface area contributed by atoms with Crippen molar-refractivity contribution in [1.29, 1.82) is 0 Å². The molecule has 7 heteroatoms. The number of methoxy groups -OCH3 is 1. The van der Waals surface area contributed by atoms with Gasteiger partial charge in [-0.3, -0.25) is 4.68 Å². The van der Waals surface area contributed by atoms with E-state index in [1.165, 1.54) is 0 Å². The Morgan fingerprint density at radius 2 is 2.28 bits per heavy atom. The Hall–Kier alpha value is -1.37. The van der Waals surface area contributed by atoms with Crippen molar-refractivity contribution >= 4 is 11.6 Å². The standard InChI is InChI=1S/C11H16ClN5O/c1-16-7-14-6-9(16)10(13)11-8(12)5-15-17(11)3-4-18-2/h5-7,10H,3-4,13H2,1-2H3. The third-order valence-corrected chi connectivity index (χ3v) is 3.10. The number of ether oxygens (including phenoxy) is 1. The van der Waals surface area contributed by atoms with Crippen molar-refractivity contribution in [2.24, 2.45) is 12.8 Å². The first-order valence-corrected chi connectivity index (χ1v) is 5.95. The van der Waals surface area contributed by atoms with Crippen LogP contribution in [0.4, 0.5) is 0 Å². The van der Waals surface area contributed by atoms with Gasteiger partial charge in [-0.2, -0.15) is 5.10 Å². The van der Waals surface area contributed by atoms with Crippen LogP contribution < -0.4 is 5.73 Å². The summed E-state index contributed by atoms with van der Waals surface area (Å²) in [6, 6.07) is -0.357. The van der Waals surface area contributed by atoms with Crippen LogP contribution in [0.25, 0.3) is 0 Å². The predicted octanol–water partition coefficient (Wildman–Crippen LogP) is 0.964. The molecule has 0 fully saturated rings. The number of aryl methyl sites for hydroxylation is 1. The first kappa shape index (κ1) is 13.1. The Bertz CT molecular complexity index is 521. The first-order chi connectivity index (χ1) is 8.65. The second-order valence-electron chi connectivity index (χ2n) is 4.00. The lowest BCUT2D eigenvalue weighted by Crippen LogP contribution is -2.21. The zero-order valence-corrected chi connectivity index (χ0v) is 11.1. The van der Waals surface area contributed by atoms with E-state index in [0.29, 0.717) is 18.2 Å². The molecule has 0 aromatic carbocycles. The van der Waals surface area contributed by atoms with Gasteiger partial charge in [-0.05, 0) is 0 Å². The van der Waals surface area contributed by atoms with Crippen LogP contribution in [0.2, 0.25) is 5.02 Å². The fourth-order valence-electron chi connectivity index (χ4n) is 1.84. The van der Waals surface area contributed by atoms with E-state index in [2.05, 4.69) is 10.1 Å². The lowest BCUT2D eigenvalue weighted by Gasteiger charge is -2.15. The molecular formula is C11H16ClN5O. The molecule has 2 aromatic rings. The summed E-state index contributed by atoms with van der Waals surface area (Å²) in [5.41, 5.74) is 7.89. The van der Waals surface area contributed by atoms with Gasteiger partial charge in [0.15, 0.2) is 0 Å². The average molecular weight is 270 g/mol. The molecule has 0 amide bonds. The normalized spacial score (nSPS) is 12.9. The molecule has 2 aromatic heterocycles. The molecule has 2 heterocycles. The molecule has 18 heavy (non-hydrogen) atoms. The van der Waals surface area contributed by atoms with Gasteiger partial charge in [0.25, 0.3) is 0 Å². The second kappa shape index (κ2) is 5.51. The lowest BCUT2D eigenvalue weighted by atomic mass is 10.1. The van der Waals surface area contributed by atoms with Crippen LogP contribution in [-0.4, -0.2) is 33.0 Å². The third-order valence-electron chi connectivity index (χ3n) is 2.81. The minimum absolute atomic E-state index is 0.357. The number of rotatable bonds is 5. The molecule has 0 spiro atoms. The molecule has 0 radical (unpaired) electrons. The van der Waals surface area contributed by atoms with E-state index in [-0.39, 0.29) is 6.04 Å². The van der Waals surface area contributed by atoms with Crippen molar-refractivity contribution in [3.8, 4) is 0 Å². The van der Waals surface area contributed by atoms with Gasteiger partial charge < -0.3 is 15.0 Å². The molecular weight excluding hydrogens is 254 g/mol. The molecule has 2 N–H and O–H groups in total. The average Bonchev–Trinajstić information content (AvgIpc) is 2.92. The van der Waals surface area contributed by atoms with E-state index < -0.39 is 0 Å². The van der Waals surface area contributed by atoms with E-state index >= 15 is 0 Å². The van der Waals surface area contributed by atoms with Gasteiger partial charge in [-0.1, -0.05) is 11.6 Å². The summed E-state index contributed by atoms with van der Waals surface area (Å²) < 4.78 is 8.68. The van der Waals surface area contributed by atoms with Gasteiger partial charge >= 0.3 is 0 Å². The SMILES string of the molecule is COCCn1ncc(Cl)c1C(N)c1cncn1C. The molecule has 0 bridgehead atoms. The molecule has 98 valence electrons. The molecule has 0 aliphatic heterocycles. The van der Waals surface area contributed by atoms with E-state index in [4.69, 9.17) is 22.1 Å². The number of nitrogens with two attached hydrogens (primary N) is 1. The van der Waals surface area contributed by atoms with Gasteiger partial charge in [0, 0.05) is 14.2 Å². The van der Waals surface area contributed by atoms with Crippen molar-refractivity contribution in [3.63, 3.8) is 0 Å². The molecule has 1 atom stereocenters. The maximum absolute atomic E-state index is 6.23. The number of halogens is 1. The first-order valence-electron chi connectivity index (χ1n) is 5.57. The Balaban J connectivity index is 2.32. The minimum atomic E-state index is -0.357. The van der Waals surface area contributed by atoms with Crippen LogP contribution in [0.5, 0.6) is 0 Å². The van der Waals surface area contributed by atoms with E-state index in [0.717, 1.165) is 11.4 Å². The van der Waals surface area contributed by atoms with E-state index in [1.54, 1.807) is 30.5 Å². The summed E-state index contributed by atoms with van der Waals surface area (Å²) >= 11 is 6.15. The Morgan fingerprint density at radius 3 is 2.89 bits per heavy atom. The Kier molecular flexibility index (Phi) is 4.00. The smallest absolute Gasteiger partial charge is 0.0946 e. The van der Waals surface area contributed by atoms with Crippen LogP contribution in [0.15, 0.2) is 18.7 Å². The second-order valence-corrected chi connectivity index (χ2v) is 4.41. The molecule has 0 aliphatic carbocycles. The molecule has 0 saturated heterocycles. The summed E-state index contributed by atoms with van der Waals surface area (Å²) in [6.45, 7) is 1.17. The van der Waals surface area contributed by atoms with Gasteiger partial charge in [0.2, 0.25) is 0 Å². The van der Waals surface area contributed by atoms with Crippen molar-refractivity contribution in [3.05, 3.63) is 35.1 Å². The van der Waals surface area contributed by atoms with Crippen LogP contribution >= 0.6 is 11.6 Å². The molecule has 1 unspecified atom stereocenters. The van der Waals surface area contributed by atoms with E-state index in [1.807, 2.05) is 11.6 Å². The summed E-state index contributed by atoms with van der Waals surface area (Å²) in [5.74, 6) is 0. The van der Waals surface area contributed by atoms with Crippen molar-refractivity contribution in [2.45, 2.75) is 12.6 Å². The number of hydrogen-bond donors (Lipinski definition) is 1. The van der Waals surface area contributed by atoms with Gasteiger partial charge in [-0.15, -0.1) is 0 Å². The maximum Gasteiger partial charge on any atom is 0.0946 e. The lowest BCUT2D eigenvalue weighted by molar-refractivity contribution is 0.182. The predicted molar refractivity (Wildman–Crippen MR) is 68.4 cm³/mol. The highest BCUT2D eigenvalue weighted by molar-refractivity contribution is 6.31. The van der Waals surface area contributed by atoms with E-state index in [9.17, 15) is 0 Å². The monoisotopic (exact) mass is 269 g/mol. The minimum Gasteiger partial charge on any atom is -0.383 e. The zero-order chi connectivity index (χ0) is 13.1. The fraction of sp³-hybridized carbons (Fsp3) is 0.455. The van der Waals surface area contributed by atoms with Crippen molar-refractivity contribution in [1.82, 2.24) is 19.3 Å². The highest BCUT2D eigenvalue weighted by Crippen LogP contribution is 2.25. The molecule has 0 aliphatic rings. The van der Waals surface area contributed by atoms with Gasteiger partial charge in [0.1, 0.15) is 0 Å². The highest BCUT2D eigenvalue weighted by atomic mass is 35.5. The third kappa shape index (κ3) is 2.40. The highest BCUT2D eigenvalue weighted by Gasteiger charge is 2.20. The Labute approximate surface area is 110 Å². The maximum atomic E-state index is 6.23. The summed E-state index contributed by atoms with van der Waals surface area (Å²) in [7, 11) is 3.54. The summed E-state index contributed by atoms with van der Waals surface area (Å²) in [5, 5.41) is 4.76. The molecule has 2 rings (SSSR count). The molecule has 6 nitrogen and oxygen atoms in total. The topological polar surface area (TPSA) is 70.9 Å². The fourth-order valence-corrected chi connectivity index (χ4v) is 2.10. The van der Waals surface area contributed by atoms with Crippen LogP contribution in [0, 0.1) is 0 Å². The van der Waals surface area contributed by atoms with Crippen LogP contribution in [0.1, 0.15) is 17.4 Å². The summed E-state index contributed by atoms with van der Waals surface area (Å²) in [6.07, 6.45) is 5.04. The van der Waals surface area contributed by atoms with Gasteiger partial charge in [0.05, 0.1) is 54.3 Å². The number of aromatic nitrogens is 4. The van der Waals surface area contributed by atoms with Crippen molar-refractivity contribution in [2.75, 3.05) is 13.7 Å². The van der Waals surface area contributed by atoms with Crippen molar-refractivity contribution < 1.29 is 4.74 Å². The number of nitrogens with zero attached hydrogens (tertiary/aromatic N) is 4. The Morgan fingerprint density at radius 1 is 1.50 bits per heavy atom. The molecule has 0 saturated carbocycles. The summed E-state index contributed by atoms with van der Waals surface area (Å²) in [4.78, 5) is 4.06. The zero-order valence-electron chi connectivity index (χ0n) is 10.4. The van der Waals surface area contributed by atoms with Crippen LogP contribution in [0.3, 0.4) is 0 Å². The number of hydrogen-bond acceptors (Lipinski definition) is 4.